The average Bonchev–Trinajstić information content (AvgIpc) is 2.71. The summed E-state index contributed by atoms with van der Waals surface area (Å²) in [5, 5.41) is 9.06. The highest BCUT2D eigenvalue weighted by atomic mass is 16.6. The third kappa shape index (κ3) is 10.3. The van der Waals surface area contributed by atoms with E-state index < -0.39 is 29.2 Å². The van der Waals surface area contributed by atoms with Gasteiger partial charge in [-0.05, 0) is 66.2 Å². The summed E-state index contributed by atoms with van der Waals surface area (Å²) in [6.07, 6.45) is 0.717. The number of hydrogen-bond acceptors (Lipinski definition) is 7. The standard InChI is InChI=1S/C13H23NO4.C12H21NO4/c1-9-6-7-14(8-10(9)11(15)17-5)12(16)18-13(2,3)4;1-8-5-6-13(7-9(8)10(14)15)11(16)17-12(2,3)4/h9-10H,6-8H2,1-5H3;8-9H,5-7H2,1-4H3,(H,14,15). The molecular formula is C25H44N2O8. The number of aliphatic carboxylic acids is 1. The number of carboxylic acid groups (broad SMARTS) is 1. The highest BCUT2D eigenvalue weighted by Crippen LogP contribution is 2.26. The van der Waals surface area contributed by atoms with Crippen molar-refractivity contribution in [3.05, 3.63) is 0 Å². The summed E-state index contributed by atoms with van der Waals surface area (Å²) in [6, 6.07) is 0. The first-order chi connectivity index (χ1) is 15.9. The Morgan fingerprint density at radius 2 is 1.11 bits per heavy atom. The Kier molecular flexibility index (Phi) is 10.8. The maximum absolute atomic E-state index is 11.9. The molecule has 2 saturated heterocycles. The number of methoxy groups -OCH3 is 1. The van der Waals surface area contributed by atoms with Gasteiger partial charge < -0.3 is 29.1 Å². The third-order valence-electron chi connectivity index (χ3n) is 6.04. The molecule has 4 atom stereocenters. The molecule has 2 rings (SSSR count). The Bertz CT molecular complexity index is 756. The van der Waals surface area contributed by atoms with Gasteiger partial charge in [-0.2, -0.15) is 0 Å². The van der Waals surface area contributed by atoms with E-state index in [0.717, 1.165) is 6.42 Å². The zero-order chi connectivity index (χ0) is 27.1. The van der Waals surface area contributed by atoms with Crippen LogP contribution in [0.2, 0.25) is 0 Å². The average molecular weight is 501 g/mol. The molecule has 2 fully saturated rings. The lowest BCUT2D eigenvalue weighted by Crippen LogP contribution is -2.47. The molecule has 0 aromatic carbocycles. The topological polar surface area (TPSA) is 123 Å². The van der Waals surface area contributed by atoms with E-state index in [1.54, 1.807) is 25.7 Å². The van der Waals surface area contributed by atoms with Gasteiger partial charge in [0.2, 0.25) is 0 Å². The second-order valence-electron chi connectivity index (χ2n) is 11.5. The fourth-order valence-electron chi connectivity index (χ4n) is 3.90. The van der Waals surface area contributed by atoms with Crippen LogP contribution in [0.3, 0.4) is 0 Å². The Morgan fingerprint density at radius 3 is 1.46 bits per heavy atom. The summed E-state index contributed by atoms with van der Waals surface area (Å²) in [6.45, 7) is 16.6. The van der Waals surface area contributed by atoms with Crippen molar-refractivity contribution in [3.8, 4) is 0 Å². The smallest absolute Gasteiger partial charge is 0.410 e. The third-order valence-corrected chi connectivity index (χ3v) is 6.04. The van der Waals surface area contributed by atoms with Crippen LogP contribution in [0.25, 0.3) is 0 Å². The number of hydrogen-bond donors (Lipinski definition) is 1. The second kappa shape index (κ2) is 12.4. The van der Waals surface area contributed by atoms with E-state index in [9.17, 15) is 19.2 Å². The number of carboxylic acids is 1. The SMILES string of the molecule is CC1CCN(C(=O)OC(C)(C)C)CC1C(=O)O.COC(=O)C1CN(C(=O)OC(C)(C)C)CCC1C. The molecule has 4 unspecified atom stereocenters. The van der Waals surface area contributed by atoms with Gasteiger partial charge >= 0.3 is 24.1 Å². The van der Waals surface area contributed by atoms with Crippen LogP contribution in [-0.4, -0.2) is 83.5 Å². The molecule has 1 N–H and O–H groups in total. The Balaban J connectivity index is 0.000000351. The lowest BCUT2D eigenvalue weighted by Gasteiger charge is -2.36. The lowest BCUT2D eigenvalue weighted by molar-refractivity contribution is -0.149. The van der Waals surface area contributed by atoms with Crippen LogP contribution in [0.4, 0.5) is 9.59 Å². The van der Waals surface area contributed by atoms with E-state index in [0.29, 0.717) is 26.1 Å². The van der Waals surface area contributed by atoms with Crippen molar-refractivity contribution in [2.75, 3.05) is 33.3 Å². The van der Waals surface area contributed by atoms with E-state index in [2.05, 4.69) is 0 Å². The van der Waals surface area contributed by atoms with Gasteiger partial charge in [0.05, 0.1) is 18.9 Å². The first-order valence-electron chi connectivity index (χ1n) is 12.2. The van der Waals surface area contributed by atoms with Crippen molar-refractivity contribution in [3.63, 3.8) is 0 Å². The zero-order valence-corrected chi connectivity index (χ0v) is 22.8. The van der Waals surface area contributed by atoms with E-state index in [1.807, 2.05) is 34.6 Å². The zero-order valence-electron chi connectivity index (χ0n) is 22.8. The number of amides is 2. The first kappa shape index (κ1) is 30.5. The van der Waals surface area contributed by atoms with Crippen molar-refractivity contribution in [1.82, 2.24) is 9.80 Å². The minimum atomic E-state index is -0.842. The molecule has 2 aliphatic rings. The Hall–Kier alpha value is -2.52. The van der Waals surface area contributed by atoms with E-state index in [4.69, 9.17) is 19.3 Å². The van der Waals surface area contributed by atoms with E-state index in [-0.39, 0.29) is 36.4 Å². The Labute approximate surface area is 209 Å². The summed E-state index contributed by atoms with van der Waals surface area (Å²) >= 11 is 0. The van der Waals surface area contributed by atoms with Crippen LogP contribution >= 0.6 is 0 Å². The first-order valence-corrected chi connectivity index (χ1v) is 12.2. The minimum absolute atomic E-state index is 0.103. The van der Waals surface area contributed by atoms with Gasteiger partial charge in [0.25, 0.3) is 0 Å². The van der Waals surface area contributed by atoms with Gasteiger partial charge in [-0.15, -0.1) is 0 Å². The number of carbonyl (C=O) groups excluding carboxylic acids is 3. The molecular weight excluding hydrogens is 456 g/mol. The minimum Gasteiger partial charge on any atom is -0.481 e. The molecule has 0 saturated carbocycles. The number of rotatable bonds is 2. The number of likely N-dealkylation sites (tertiary alicyclic amines) is 2. The fraction of sp³-hybridized carbons (Fsp3) is 0.840. The molecule has 0 aromatic heterocycles. The highest BCUT2D eigenvalue weighted by Gasteiger charge is 2.36. The Morgan fingerprint density at radius 1 is 0.743 bits per heavy atom. The van der Waals surface area contributed by atoms with Crippen molar-refractivity contribution >= 4 is 24.1 Å². The van der Waals surface area contributed by atoms with Crippen molar-refractivity contribution in [2.24, 2.45) is 23.7 Å². The number of esters is 1. The van der Waals surface area contributed by atoms with Crippen LogP contribution in [0.15, 0.2) is 0 Å². The number of nitrogens with zero attached hydrogens (tertiary/aromatic N) is 2. The van der Waals surface area contributed by atoms with Gasteiger partial charge in [0, 0.05) is 26.2 Å². The quantitative estimate of drug-likeness (QED) is 0.446. The van der Waals surface area contributed by atoms with Crippen LogP contribution < -0.4 is 0 Å². The number of carbonyl (C=O) groups is 4. The fourth-order valence-corrected chi connectivity index (χ4v) is 3.90. The number of piperidine rings is 2. The van der Waals surface area contributed by atoms with Crippen LogP contribution in [0.5, 0.6) is 0 Å². The lowest BCUT2D eigenvalue weighted by atomic mass is 9.87. The van der Waals surface area contributed by atoms with E-state index in [1.165, 1.54) is 12.0 Å². The summed E-state index contributed by atoms with van der Waals surface area (Å²) in [4.78, 5) is 49.5. The number of ether oxygens (including phenoxy) is 3. The summed E-state index contributed by atoms with van der Waals surface area (Å²) in [5.74, 6) is -1.50. The van der Waals surface area contributed by atoms with Crippen molar-refractivity contribution in [2.45, 2.75) is 79.4 Å². The highest BCUT2D eigenvalue weighted by molar-refractivity contribution is 5.75. The molecule has 0 radical (unpaired) electrons. The molecule has 0 aliphatic carbocycles. The predicted octanol–water partition coefficient (Wildman–Crippen LogP) is 4.02. The molecule has 35 heavy (non-hydrogen) atoms. The predicted molar refractivity (Wildman–Crippen MR) is 130 cm³/mol. The summed E-state index contributed by atoms with van der Waals surface area (Å²) in [7, 11) is 1.38. The van der Waals surface area contributed by atoms with Crippen LogP contribution in [0.1, 0.15) is 68.2 Å². The maximum atomic E-state index is 11.9. The van der Waals surface area contributed by atoms with E-state index >= 15 is 0 Å². The monoisotopic (exact) mass is 500 g/mol. The van der Waals surface area contributed by atoms with Gasteiger partial charge in [-0.3, -0.25) is 9.59 Å². The normalized spacial score (nSPS) is 25.1. The van der Waals surface area contributed by atoms with Crippen molar-refractivity contribution < 1.29 is 38.5 Å². The van der Waals surface area contributed by atoms with Crippen LogP contribution in [-0.2, 0) is 23.8 Å². The van der Waals surface area contributed by atoms with Crippen LogP contribution in [0, 0.1) is 23.7 Å². The largest absolute Gasteiger partial charge is 0.481 e. The summed E-state index contributed by atoms with van der Waals surface area (Å²) < 4.78 is 15.3. The summed E-state index contributed by atoms with van der Waals surface area (Å²) in [5.41, 5.74) is -1.06. The maximum Gasteiger partial charge on any atom is 0.410 e. The second-order valence-corrected chi connectivity index (χ2v) is 11.5. The van der Waals surface area contributed by atoms with Gasteiger partial charge in [0.15, 0.2) is 0 Å². The molecule has 10 nitrogen and oxygen atoms in total. The molecule has 0 aromatic rings. The molecule has 2 heterocycles. The molecule has 0 bridgehead atoms. The molecule has 2 aliphatic heterocycles. The van der Waals surface area contributed by atoms with Gasteiger partial charge in [0.1, 0.15) is 11.2 Å². The molecule has 2 amide bonds. The molecule has 202 valence electrons. The van der Waals surface area contributed by atoms with Gasteiger partial charge in [-0.25, -0.2) is 9.59 Å². The molecule has 10 heteroatoms. The molecule has 0 spiro atoms. The van der Waals surface area contributed by atoms with Gasteiger partial charge in [-0.1, -0.05) is 13.8 Å². The van der Waals surface area contributed by atoms with Crippen molar-refractivity contribution in [1.29, 1.82) is 0 Å².